The topological polar surface area (TPSA) is 60.7 Å². The molecule has 0 amide bonds. The molecule has 1 aliphatic rings. The van der Waals surface area contributed by atoms with Gasteiger partial charge in [-0.1, -0.05) is 38.1 Å². The summed E-state index contributed by atoms with van der Waals surface area (Å²) >= 11 is 0. The number of aryl methyl sites for hydroxylation is 3. The monoisotopic (exact) mass is 358 g/mol. The van der Waals surface area contributed by atoms with Crippen LogP contribution < -0.4 is 0 Å². The van der Waals surface area contributed by atoms with Crippen LogP contribution in [0.5, 0.6) is 5.75 Å². The zero-order chi connectivity index (χ0) is 18.1. The Morgan fingerprint density at radius 2 is 1.92 bits per heavy atom. The Hall–Kier alpha value is -1.41. The Bertz CT molecular complexity index is 768. The quantitative estimate of drug-likeness (QED) is 0.677. The molecule has 0 saturated heterocycles. The van der Waals surface area contributed by atoms with Crippen molar-refractivity contribution in [2.45, 2.75) is 51.9 Å². The van der Waals surface area contributed by atoms with Crippen LogP contribution in [0.15, 0.2) is 30.3 Å². The maximum absolute atomic E-state index is 10.1. The highest BCUT2D eigenvalue weighted by Gasteiger charge is 2.27. The van der Waals surface area contributed by atoms with Crippen LogP contribution in [0.1, 0.15) is 65.5 Å². The lowest BCUT2D eigenvalue weighted by molar-refractivity contribution is 0.464. The van der Waals surface area contributed by atoms with E-state index in [0.29, 0.717) is 30.2 Å². The molecule has 1 aliphatic carbocycles. The first-order valence-electron chi connectivity index (χ1n) is 8.97. The number of rotatable bonds is 5. The van der Waals surface area contributed by atoms with Crippen LogP contribution in [-0.2, 0) is 12.8 Å². The SMILES string of the molecule is Cc1cc(CCP(O)O)cc2c1C(c1ccc(O)c(C(C)C)c1)CC2. The summed E-state index contributed by atoms with van der Waals surface area (Å²) in [6.45, 7) is 6.37. The zero-order valence-electron chi connectivity index (χ0n) is 15.2. The van der Waals surface area contributed by atoms with E-state index in [1.807, 2.05) is 6.07 Å². The molecule has 0 aromatic heterocycles. The molecule has 0 radical (unpaired) electrons. The first-order chi connectivity index (χ1) is 11.9. The second-order valence-electron chi connectivity index (χ2n) is 7.40. The summed E-state index contributed by atoms with van der Waals surface area (Å²) in [6.07, 6.45) is 3.30. The lowest BCUT2D eigenvalue weighted by Crippen LogP contribution is -2.02. The highest BCUT2D eigenvalue weighted by atomic mass is 31.2. The molecule has 0 spiro atoms. The average molecular weight is 358 g/mol. The van der Waals surface area contributed by atoms with Crippen LogP contribution in [0.3, 0.4) is 0 Å². The van der Waals surface area contributed by atoms with Crippen molar-refractivity contribution >= 4 is 8.38 Å². The minimum atomic E-state index is -1.82. The number of hydrogen-bond acceptors (Lipinski definition) is 3. The Morgan fingerprint density at radius 3 is 2.60 bits per heavy atom. The van der Waals surface area contributed by atoms with Crippen LogP contribution in [0.4, 0.5) is 0 Å². The zero-order valence-corrected chi connectivity index (χ0v) is 16.1. The Morgan fingerprint density at radius 1 is 1.16 bits per heavy atom. The number of aromatic hydroxyl groups is 1. The smallest absolute Gasteiger partial charge is 0.165 e. The summed E-state index contributed by atoms with van der Waals surface area (Å²) in [5, 5.41) is 10.1. The van der Waals surface area contributed by atoms with Gasteiger partial charge in [0.2, 0.25) is 0 Å². The van der Waals surface area contributed by atoms with Crippen LogP contribution in [0, 0.1) is 6.92 Å². The molecule has 3 N–H and O–H groups in total. The highest BCUT2D eigenvalue weighted by Crippen LogP contribution is 2.42. The van der Waals surface area contributed by atoms with E-state index >= 15 is 0 Å². The molecule has 1 atom stereocenters. The summed E-state index contributed by atoms with van der Waals surface area (Å²) < 4.78 is 0. The second kappa shape index (κ2) is 7.45. The average Bonchev–Trinajstić information content (AvgIpc) is 2.97. The molecule has 25 heavy (non-hydrogen) atoms. The highest BCUT2D eigenvalue weighted by molar-refractivity contribution is 7.45. The molecule has 2 aromatic carbocycles. The fourth-order valence-corrected chi connectivity index (χ4v) is 4.52. The third-order valence-corrected chi connectivity index (χ3v) is 5.88. The maximum Gasteiger partial charge on any atom is 0.165 e. The molecule has 0 heterocycles. The van der Waals surface area contributed by atoms with Gasteiger partial charge >= 0.3 is 0 Å². The number of phenolic OH excluding ortho intramolecular Hbond substituents is 1. The minimum Gasteiger partial charge on any atom is -0.508 e. The van der Waals surface area contributed by atoms with Gasteiger partial charge in [0.05, 0.1) is 0 Å². The van der Waals surface area contributed by atoms with E-state index in [9.17, 15) is 5.11 Å². The minimum absolute atomic E-state index is 0.302. The fraction of sp³-hybridized carbons (Fsp3) is 0.429. The molecule has 1 unspecified atom stereocenters. The Labute approximate surface area is 151 Å². The predicted molar refractivity (Wildman–Crippen MR) is 103 cm³/mol. The summed E-state index contributed by atoms with van der Waals surface area (Å²) in [5.41, 5.74) is 7.58. The lowest BCUT2D eigenvalue weighted by Gasteiger charge is -2.18. The van der Waals surface area contributed by atoms with Gasteiger partial charge in [-0.15, -0.1) is 0 Å². The van der Waals surface area contributed by atoms with E-state index in [1.54, 1.807) is 0 Å². The normalized spacial score (nSPS) is 16.7. The Balaban J connectivity index is 1.93. The van der Waals surface area contributed by atoms with Gasteiger partial charge in [0, 0.05) is 12.1 Å². The van der Waals surface area contributed by atoms with Crippen LogP contribution in [0.2, 0.25) is 0 Å². The lowest BCUT2D eigenvalue weighted by atomic mass is 9.87. The van der Waals surface area contributed by atoms with Crippen molar-refractivity contribution in [1.29, 1.82) is 0 Å². The van der Waals surface area contributed by atoms with Crippen molar-refractivity contribution in [2.75, 3.05) is 6.16 Å². The molecule has 3 rings (SSSR count). The molecule has 4 heteroatoms. The van der Waals surface area contributed by atoms with Gasteiger partial charge in [-0.25, -0.2) is 0 Å². The Kier molecular flexibility index (Phi) is 5.48. The van der Waals surface area contributed by atoms with E-state index in [4.69, 9.17) is 9.79 Å². The van der Waals surface area contributed by atoms with Crippen molar-refractivity contribution in [2.24, 2.45) is 0 Å². The van der Waals surface area contributed by atoms with Gasteiger partial charge in [-0.3, -0.25) is 0 Å². The van der Waals surface area contributed by atoms with Crippen molar-refractivity contribution in [3.8, 4) is 5.75 Å². The van der Waals surface area contributed by atoms with Crippen molar-refractivity contribution < 1.29 is 14.9 Å². The first kappa shape index (κ1) is 18.4. The molecule has 0 saturated carbocycles. The maximum atomic E-state index is 10.1. The molecular weight excluding hydrogens is 331 g/mol. The van der Waals surface area contributed by atoms with Gasteiger partial charge in [0.15, 0.2) is 8.38 Å². The summed E-state index contributed by atoms with van der Waals surface area (Å²) in [7, 11) is -1.82. The van der Waals surface area contributed by atoms with Crippen molar-refractivity contribution in [1.82, 2.24) is 0 Å². The third-order valence-electron chi connectivity index (χ3n) is 5.26. The van der Waals surface area contributed by atoms with Crippen LogP contribution in [0.25, 0.3) is 0 Å². The molecule has 3 nitrogen and oxygen atoms in total. The molecule has 0 bridgehead atoms. The number of fused-ring (bicyclic) bond motifs is 1. The predicted octanol–water partition coefficient (Wildman–Crippen LogP) is 4.74. The summed E-state index contributed by atoms with van der Waals surface area (Å²) in [6, 6.07) is 10.5. The van der Waals surface area contributed by atoms with E-state index in [-0.39, 0.29) is 0 Å². The van der Waals surface area contributed by atoms with Crippen LogP contribution >= 0.6 is 8.38 Å². The van der Waals surface area contributed by atoms with E-state index in [0.717, 1.165) is 18.4 Å². The first-order valence-corrected chi connectivity index (χ1v) is 10.4. The standard InChI is InChI=1S/C21H27O3P/c1-13(2)19-12-16(5-7-20(19)22)18-6-4-17-11-15(8-9-25(23)24)10-14(3)21(17)18/h5,7,10-13,18,22-24H,4,6,8-9H2,1-3H3. The van der Waals surface area contributed by atoms with E-state index in [2.05, 4.69) is 45.0 Å². The number of hydrogen-bond donors (Lipinski definition) is 3. The van der Waals surface area contributed by atoms with Crippen LogP contribution in [-0.4, -0.2) is 21.1 Å². The summed E-state index contributed by atoms with van der Waals surface area (Å²) in [4.78, 5) is 18.3. The third kappa shape index (κ3) is 3.89. The van der Waals surface area contributed by atoms with Gasteiger partial charge in [-0.2, -0.15) is 0 Å². The molecule has 0 aliphatic heterocycles. The van der Waals surface area contributed by atoms with Crippen molar-refractivity contribution in [3.05, 3.63) is 63.7 Å². The van der Waals surface area contributed by atoms with Gasteiger partial charge in [0.25, 0.3) is 0 Å². The van der Waals surface area contributed by atoms with Gasteiger partial charge < -0.3 is 14.9 Å². The molecule has 134 valence electrons. The summed E-state index contributed by atoms with van der Waals surface area (Å²) in [5.74, 6) is 1.07. The largest absolute Gasteiger partial charge is 0.508 e. The van der Waals surface area contributed by atoms with Crippen molar-refractivity contribution in [3.63, 3.8) is 0 Å². The molecule has 0 fully saturated rings. The number of phenols is 1. The van der Waals surface area contributed by atoms with Gasteiger partial charge in [0.1, 0.15) is 5.75 Å². The van der Waals surface area contributed by atoms with E-state index in [1.165, 1.54) is 27.8 Å². The molecular formula is C21H27O3P. The fourth-order valence-electron chi connectivity index (χ4n) is 4.06. The number of benzene rings is 2. The second-order valence-corrected chi connectivity index (χ2v) is 8.59. The van der Waals surface area contributed by atoms with E-state index < -0.39 is 8.38 Å². The molecule has 2 aromatic rings. The van der Waals surface area contributed by atoms with Gasteiger partial charge in [-0.05, 0) is 71.6 Å².